The van der Waals surface area contributed by atoms with Gasteiger partial charge in [-0.25, -0.2) is 4.98 Å². The maximum absolute atomic E-state index is 12.9. The molecule has 0 spiro atoms. The van der Waals surface area contributed by atoms with Crippen LogP contribution in [0, 0.1) is 20.8 Å². The van der Waals surface area contributed by atoms with Crippen molar-refractivity contribution < 1.29 is 4.79 Å². The number of hydrogen-bond acceptors (Lipinski definition) is 4. The highest BCUT2D eigenvalue weighted by Gasteiger charge is 2.15. The molecule has 5 heteroatoms. The molecule has 0 bridgehead atoms. The van der Waals surface area contributed by atoms with Crippen LogP contribution >= 0.6 is 11.8 Å². The average Bonchev–Trinajstić information content (AvgIpc) is 2.64. The Bertz CT molecular complexity index is 903. The van der Waals surface area contributed by atoms with Crippen LogP contribution in [0.5, 0.6) is 0 Å². The lowest BCUT2D eigenvalue weighted by Crippen LogP contribution is -2.15. The number of aryl methyl sites for hydroxylation is 3. The predicted molar refractivity (Wildman–Crippen MR) is 107 cm³/mol. The Hall–Kier alpha value is -2.66. The third-order valence-corrected chi connectivity index (χ3v) is 5.13. The first kappa shape index (κ1) is 18.1. The van der Waals surface area contributed by atoms with Gasteiger partial charge in [0.15, 0.2) is 0 Å². The minimum Gasteiger partial charge on any atom is -0.321 e. The summed E-state index contributed by atoms with van der Waals surface area (Å²) in [5.41, 5.74) is 5.91. The summed E-state index contributed by atoms with van der Waals surface area (Å²) in [4.78, 5) is 21.3. The molecule has 3 aromatic rings. The molecule has 1 amide bonds. The van der Waals surface area contributed by atoms with Crippen molar-refractivity contribution in [1.82, 2.24) is 9.97 Å². The third-order valence-electron chi connectivity index (χ3n) is 4.06. The first-order chi connectivity index (χ1) is 12.5. The fraction of sp³-hybridized carbons (Fsp3) is 0.190. The van der Waals surface area contributed by atoms with E-state index in [0.717, 1.165) is 33.2 Å². The summed E-state index contributed by atoms with van der Waals surface area (Å²) in [6.07, 6.45) is 5.25. The normalized spacial score (nSPS) is 10.6. The summed E-state index contributed by atoms with van der Waals surface area (Å²) in [6.45, 7) is 6.08. The lowest BCUT2D eigenvalue weighted by molar-refractivity contribution is 0.102. The first-order valence-electron chi connectivity index (χ1n) is 8.40. The Morgan fingerprint density at radius 2 is 1.73 bits per heavy atom. The highest BCUT2D eigenvalue weighted by Crippen LogP contribution is 2.27. The van der Waals surface area contributed by atoms with Crippen molar-refractivity contribution in [2.45, 2.75) is 31.6 Å². The number of nitrogens with zero attached hydrogens (tertiary/aromatic N) is 2. The zero-order chi connectivity index (χ0) is 18.5. The number of amides is 1. The molecule has 0 aliphatic carbocycles. The number of rotatable bonds is 5. The van der Waals surface area contributed by atoms with Gasteiger partial charge in [-0.1, -0.05) is 17.7 Å². The number of hydrogen-bond donors (Lipinski definition) is 1. The Morgan fingerprint density at radius 3 is 2.42 bits per heavy atom. The van der Waals surface area contributed by atoms with Crippen LogP contribution in [0.25, 0.3) is 0 Å². The predicted octanol–water partition coefficient (Wildman–Crippen LogP) is 4.95. The van der Waals surface area contributed by atoms with Crippen LogP contribution < -0.4 is 5.32 Å². The molecule has 4 nitrogen and oxygen atoms in total. The molecule has 0 aliphatic heterocycles. The summed E-state index contributed by atoms with van der Waals surface area (Å²) < 4.78 is 0. The standard InChI is InChI=1S/C21H21N3OS/c1-14-11-15(2)19(16(3)12-14)24-20(25)18-5-4-8-23-21(18)26-13-17-6-9-22-10-7-17/h4-12H,13H2,1-3H3,(H,24,25). The van der Waals surface area contributed by atoms with Crippen molar-refractivity contribution in [2.24, 2.45) is 0 Å². The molecular weight excluding hydrogens is 342 g/mol. The Kier molecular flexibility index (Phi) is 5.68. The summed E-state index contributed by atoms with van der Waals surface area (Å²) in [5.74, 6) is 0.605. The molecule has 0 saturated carbocycles. The zero-order valence-corrected chi connectivity index (χ0v) is 15.9. The molecule has 0 radical (unpaired) electrons. The molecule has 0 saturated heterocycles. The minimum atomic E-state index is -0.134. The molecule has 0 aliphatic rings. The summed E-state index contributed by atoms with van der Waals surface area (Å²) in [6, 6.07) is 11.7. The molecule has 0 atom stereocenters. The van der Waals surface area contributed by atoms with Gasteiger partial charge in [0.2, 0.25) is 0 Å². The van der Waals surface area contributed by atoms with Crippen molar-refractivity contribution in [3.63, 3.8) is 0 Å². The van der Waals surface area contributed by atoms with E-state index in [9.17, 15) is 4.79 Å². The lowest BCUT2D eigenvalue weighted by Gasteiger charge is -2.14. The van der Waals surface area contributed by atoms with Crippen LogP contribution in [0.15, 0.2) is 60.0 Å². The SMILES string of the molecule is Cc1cc(C)c(NC(=O)c2cccnc2SCc2ccncc2)c(C)c1. The van der Waals surface area contributed by atoms with Gasteiger partial charge in [0.05, 0.1) is 5.56 Å². The summed E-state index contributed by atoms with van der Waals surface area (Å²) in [7, 11) is 0. The Labute approximate surface area is 158 Å². The van der Waals surface area contributed by atoms with Crippen molar-refractivity contribution in [2.75, 3.05) is 5.32 Å². The molecule has 0 unspecified atom stereocenters. The van der Waals surface area contributed by atoms with Crippen molar-refractivity contribution >= 4 is 23.4 Å². The van der Waals surface area contributed by atoms with Gasteiger partial charge in [-0.15, -0.1) is 11.8 Å². The largest absolute Gasteiger partial charge is 0.321 e. The topological polar surface area (TPSA) is 54.9 Å². The van der Waals surface area contributed by atoms with Gasteiger partial charge >= 0.3 is 0 Å². The van der Waals surface area contributed by atoms with Gasteiger partial charge < -0.3 is 5.32 Å². The van der Waals surface area contributed by atoms with Gasteiger partial charge in [-0.2, -0.15) is 0 Å². The Morgan fingerprint density at radius 1 is 1.04 bits per heavy atom. The highest BCUT2D eigenvalue weighted by molar-refractivity contribution is 7.98. The van der Waals surface area contributed by atoms with E-state index >= 15 is 0 Å². The van der Waals surface area contributed by atoms with Gasteiger partial charge in [0.25, 0.3) is 5.91 Å². The maximum atomic E-state index is 12.9. The van der Waals surface area contributed by atoms with E-state index in [1.165, 1.54) is 5.56 Å². The summed E-state index contributed by atoms with van der Waals surface area (Å²) >= 11 is 1.55. The highest BCUT2D eigenvalue weighted by atomic mass is 32.2. The number of benzene rings is 1. The van der Waals surface area contributed by atoms with Gasteiger partial charge in [-0.3, -0.25) is 9.78 Å². The number of carbonyl (C=O) groups is 1. The molecule has 1 aromatic carbocycles. The van der Waals surface area contributed by atoms with Crippen LogP contribution in [-0.2, 0) is 5.75 Å². The zero-order valence-electron chi connectivity index (χ0n) is 15.1. The fourth-order valence-electron chi connectivity index (χ4n) is 2.87. The second-order valence-corrected chi connectivity index (χ2v) is 7.19. The molecular formula is C21H21N3OS. The van der Waals surface area contributed by atoms with E-state index in [1.54, 1.807) is 36.4 Å². The number of nitrogens with one attached hydrogen (secondary N) is 1. The molecule has 3 rings (SSSR count). The van der Waals surface area contributed by atoms with Crippen LogP contribution in [0.3, 0.4) is 0 Å². The lowest BCUT2D eigenvalue weighted by atomic mass is 10.0. The number of pyridine rings is 2. The van der Waals surface area contributed by atoms with Crippen molar-refractivity contribution in [3.05, 3.63) is 82.8 Å². The fourth-order valence-corrected chi connectivity index (χ4v) is 3.81. The third kappa shape index (κ3) is 4.29. The van der Waals surface area contributed by atoms with Gasteiger partial charge in [0.1, 0.15) is 5.03 Å². The van der Waals surface area contributed by atoms with Crippen LogP contribution in [0.2, 0.25) is 0 Å². The number of thioether (sulfide) groups is 1. The maximum Gasteiger partial charge on any atom is 0.258 e. The number of aromatic nitrogens is 2. The molecule has 132 valence electrons. The Balaban J connectivity index is 1.80. The van der Waals surface area contributed by atoms with Gasteiger partial charge in [-0.05, 0) is 61.7 Å². The number of carbonyl (C=O) groups excluding carboxylic acids is 1. The van der Waals surface area contributed by atoms with E-state index < -0.39 is 0 Å². The molecule has 0 fully saturated rings. The molecule has 26 heavy (non-hydrogen) atoms. The van der Waals surface area contributed by atoms with Crippen molar-refractivity contribution in [3.8, 4) is 0 Å². The van der Waals surface area contributed by atoms with Crippen LogP contribution in [-0.4, -0.2) is 15.9 Å². The summed E-state index contributed by atoms with van der Waals surface area (Å²) in [5, 5.41) is 3.78. The van der Waals surface area contributed by atoms with E-state index in [1.807, 2.05) is 32.0 Å². The first-order valence-corrected chi connectivity index (χ1v) is 9.39. The average molecular weight is 363 g/mol. The number of anilines is 1. The quantitative estimate of drug-likeness (QED) is 0.652. The molecule has 1 N–H and O–H groups in total. The smallest absolute Gasteiger partial charge is 0.258 e. The van der Waals surface area contributed by atoms with E-state index in [4.69, 9.17) is 0 Å². The van der Waals surface area contributed by atoms with Crippen LogP contribution in [0.1, 0.15) is 32.6 Å². The van der Waals surface area contributed by atoms with E-state index in [2.05, 4.69) is 34.3 Å². The van der Waals surface area contributed by atoms with Gasteiger partial charge in [0, 0.05) is 30.0 Å². The minimum absolute atomic E-state index is 0.134. The molecule has 2 aromatic heterocycles. The van der Waals surface area contributed by atoms with E-state index in [0.29, 0.717) is 5.56 Å². The van der Waals surface area contributed by atoms with Crippen molar-refractivity contribution in [1.29, 1.82) is 0 Å². The second-order valence-electron chi connectivity index (χ2n) is 6.23. The monoisotopic (exact) mass is 363 g/mol. The van der Waals surface area contributed by atoms with E-state index in [-0.39, 0.29) is 5.91 Å². The molecule has 2 heterocycles. The second kappa shape index (κ2) is 8.15. The van der Waals surface area contributed by atoms with Crippen LogP contribution in [0.4, 0.5) is 5.69 Å².